The van der Waals surface area contributed by atoms with Gasteiger partial charge in [-0.2, -0.15) is 18.3 Å². The van der Waals surface area contributed by atoms with E-state index in [9.17, 15) is 22.8 Å². The molecule has 29 heavy (non-hydrogen) atoms. The summed E-state index contributed by atoms with van der Waals surface area (Å²) in [7, 11) is 0. The molecule has 0 unspecified atom stereocenters. The zero-order chi connectivity index (χ0) is 20.9. The first-order valence-electron chi connectivity index (χ1n) is 8.30. The molecular weight excluding hydrogens is 403 g/mol. The van der Waals surface area contributed by atoms with E-state index < -0.39 is 17.6 Å². The summed E-state index contributed by atoms with van der Waals surface area (Å²) in [6, 6.07) is 14.5. The van der Waals surface area contributed by atoms with Gasteiger partial charge in [0.1, 0.15) is 0 Å². The number of nitrogens with zero attached hydrogens (tertiary/aromatic N) is 1. The molecule has 2 N–H and O–H groups in total. The molecule has 0 aliphatic heterocycles. The number of halogens is 3. The second-order valence-corrected chi connectivity index (χ2v) is 6.71. The lowest BCUT2D eigenvalue weighted by molar-refractivity contribution is -0.137. The van der Waals surface area contributed by atoms with Gasteiger partial charge in [0.15, 0.2) is 0 Å². The molecule has 0 aliphatic rings. The van der Waals surface area contributed by atoms with Crippen LogP contribution in [0.15, 0.2) is 71.1 Å². The minimum atomic E-state index is -4.54. The monoisotopic (exact) mass is 417 g/mol. The maximum Gasteiger partial charge on any atom is 0.417 e. The van der Waals surface area contributed by atoms with Crippen molar-refractivity contribution in [2.45, 2.75) is 6.18 Å². The lowest BCUT2D eigenvalue weighted by Gasteiger charge is -2.10. The number of thiophene rings is 1. The number of rotatable bonds is 5. The third kappa shape index (κ3) is 5.08. The largest absolute Gasteiger partial charge is 0.417 e. The minimum Gasteiger partial charge on any atom is -0.321 e. The molecule has 0 bridgehead atoms. The number of anilines is 1. The van der Waals surface area contributed by atoms with E-state index in [1.165, 1.54) is 35.6 Å². The van der Waals surface area contributed by atoms with Crippen LogP contribution in [0.25, 0.3) is 0 Å². The van der Waals surface area contributed by atoms with Gasteiger partial charge in [0.25, 0.3) is 11.8 Å². The Morgan fingerprint density at radius 1 is 0.931 bits per heavy atom. The molecule has 2 aromatic carbocycles. The predicted molar refractivity (Wildman–Crippen MR) is 105 cm³/mol. The number of nitrogens with one attached hydrogen (secondary N) is 2. The average Bonchev–Trinajstić information content (AvgIpc) is 3.23. The molecule has 1 heterocycles. The second-order valence-electron chi connectivity index (χ2n) is 5.76. The highest BCUT2D eigenvalue weighted by Crippen LogP contribution is 2.31. The fourth-order valence-corrected chi connectivity index (χ4v) is 3.09. The third-order valence-corrected chi connectivity index (χ3v) is 4.67. The Labute approximate surface area is 167 Å². The van der Waals surface area contributed by atoms with Crippen molar-refractivity contribution < 1.29 is 22.8 Å². The molecule has 0 fully saturated rings. The van der Waals surface area contributed by atoms with Gasteiger partial charge in [0, 0.05) is 5.56 Å². The highest BCUT2D eigenvalue weighted by Gasteiger charge is 2.32. The maximum atomic E-state index is 13.0. The van der Waals surface area contributed by atoms with Crippen molar-refractivity contribution in [3.63, 3.8) is 0 Å². The Morgan fingerprint density at radius 3 is 2.38 bits per heavy atom. The maximum absolute atomic E-state index is 13.0. The van der Waals surface area contributed by atoms with Crippen LogP contribution in [0.3, 0.4) is 0 Å². The molecule has 148 valence electrons. The van der Waals surface area contributed by atoms with E-state index >= 15 is 0 Å². The van der Waals surface area contributed by atoms with Crippen molar-refractivity contribution in [2.24, 2.45) is 5.10 Å². The summed E-state index contributed by atoms with van der Waals surface area (Å²) >= 11 is 1.25. The zero-order valence-corrected chi connectivity index (χ0v) is 15.6. The number of para-hydroxylation sites is 1. The van der Waals surface area contributed by atoms with Crippen molar-refractivity contribution in [1.29, 1.82) is 0 Å². The summed E-state index contributed by atoms with van der Waals surface area (Å²) < 4.78 is 39.0. The number of hydrogen-bond acceptors (Lipinski definition) is 4. The van der Waals surface area contributed by atoms with Gasteiger partial charge in [-0.1, -0.05) is 36.4 Å². The van der Waals surface area contributed by atoms with Crippen LogP contribution in [-0.4, -0.2) is 18.0 Å². The van der Waals surface area contributed by atoms with Crippen LogP contribution < -0.4 is 10.7 Å². The molecule has 9 heteroatoms. The lowest BCUT2D eigenvalue weighted by atomic mass is 10.1. The molecule has 5 nitrogen and oxygen atoms in total. The highest BCUT2D eigenvalue weighted by atomic mass is 32.1. The van der Waals surface area contributed by atoms with Gasteiger partial charge in [-0.05, 0) is 29.6 Å². The third-order valence-electron chi connectivity index (χ3n) is 3.80. The number of benzene rings is 2. The summed E-state index contributed by atoms with van der Waals surface area (Å²) in [6.45, 7) is 0. The van der Waals surface area contributed by atoms with Gasteiger partial charge in [0.05, 0.1) is 27.9 Å². The summed E-state index contributed by atoms with van der Waals surface area (Å²) in [6.07, 6.45) is -3.61. The quantitative estimate of drug-likeness (QED) is 0.463. The Balaban J connectivity index is 1.74. The number of carbonyl (C=O) groups excluding carboxylic acids is 2. The topological polar surface area (TPSA) is 70.6 Å². The Bertz CT molecular complexity index is 1050. The smallest absolute Gasteiger partial charge is 0.321 e. The Kier molecular flexibility index (Phi) is 6.08. The van der Waals surface area contributed by atoms with E-state index in [1.54, 1.807) is 35.7 Å². The van der Waals surface area contributed by atoms with Crippen molar-refractivity contribution in [2.75, 3.05) is 5.32 Å². The average molecular weight is 417 g/mol. The number of hydrogen-bond donors (Lipinski definition) is 2. The normalized spacial score (nSPS) is 11.4. The molecule has 1 aromatic heterocycles. The number of carbonyl (C=O) groups is 2. The molecule has 3 rings (SSSR count). The molecule has 0 saturated heterocycles. The van der Waals surface area contributed by atoms with Gasteiger partial charge in [-0.15, -0.1) is 11.3 Å². The van der Waals surface area contributed by atoms with Crippen LogP contribution in [0, 0.1) is 0 Å². The standard InChI is InChI=1S/C20H14F3N3O2S/c21-20(22,23)15-8-3-1-6-13(15)12-24-26-18(27)14-7-2-4-9-16(14)25-19(28)17-10-5-11-29-17/h1-12H,(H,25,28)(H,26,27). The second kappa shape index (κ2) is 8.70. The predicted octanol–water partition coefficient (Wildman–Crippen LogP) is 4.78. The highest BCUT2D eigenvalue weighted by molar-refractivity contribution is 7.12. The van der Waals surface area contributed by atoms with Crippen LogP contribution in [0.4, 0.5) is 18.9 Å². The molecule has 0 atom stereocenters. The van der Waals surface area contributed by atoms with Crippen LogP contribution >= 0.6 is 11.3 Å². The van der Waals surface area contributed by atoms with Crippen molar-refractivity contribution in [3.8, 4) is 0 Å². The number of hydrazone groups is 1. The summed E-state index contributed by atoms with van der Waals surface area (Å²) in [5.74, 6) is -1.05. The first-order chi connectivity index (χ1) is 13.9. The summed E-state index contributed by atoms with van der Waals surface area (Å²) in [5, 5.41) is 8.02. The van der Waals surface area contributed by atoms with E-state index in [2.05, 4.69) is 15.8 Å². The van der Waals surface area contributed by atoms with Crippen LogP contribution in [0.5, 0.6) is 0 Å². The lowest BCUT2D eigenvalue weighted by Crippen LogP contribution is -2.21. The first-order valence-corrected chi connectivity index (χ1v) is 9.18. The van der Waals surface area contributed by atoms with Crippen molar-refractivity contribution in [1.82, 2.24) is 5.43 Å². The Morgan fingerprint density at radius 2 is 1.66 bits per heavy atom. The molecule has 2 amide bonds. The van der Waals surface area contributed by atoms with Crippen LogP contribution in [0.1, 0.15) is 31.2 Å². The SMILES string of the molecule is O=C(Nc1ccccc1C(=O)NN=Cc1ccccc1C(F)(F)F)c1cccs1. The number of amides is 2. The number of alkyl halides is 3. The summed E-state index contributed by atoms with van der Waals surface area (Å²) in [4.78, 5) is 25.1. The van der Waals surface area contributed by atoms with Gasteiger partial charge < -0.3 is 5.32 Å². The molecule has 3 aromatic rings. The van der Waals surface area contributed by atoms with Crippen LogP contribution in [0.2, 0.25) is 0 Å². The molecule has 0 radical (unpaired) electrons. The first kappa shape index (κ1) is 20.3. The summed E-state index contributed by atoms with van der Waals surface area (Å²) in [5.41, 5.74) is 1.53. The van der Waals surface area contributed by atoms with E-state index in [0.29, 0.717) is 4.88 Å². The zero-order valence-electron chi connectivity index (χ0n) is 14.7. The van der Waals surface area contributed by atoms with Crippen LogP contribution in [-0.2, 0) is 6.18 Å². The molecule has 0 aliphatic carbocycles. The van der Waals surface area contributed by atoms with Gasteiger partial charge in [-0.3, -0.25) is 9.59 Å². The fourth-order valence-electron chi connectivity index (χ4n) is 2.47. The van der Waals surface area contributed by atoms with E-state index in [4.69, 9.17) is 0 Å². The van der Waals surface area contributed by atoms with E-state index in [-0.39, 0.29) is 22.7 Å². The van der Waals surface area contributed by atoms with Gasteiger partial charge >= 0.3 is 6.18 Å². The molecule has 0 saturated carbocycles. The Hall–Kier alpha value is -3.46. The van der Waals surface area contributed by atoms with E-state index in [0.717, 1.165) is 12.3 Å². The molecular formula is C20H14F3N3O2S. The van der Waals surface area contributed by atoms with Gasteiger partial charge in [0.2, 0.25) is 0 Å². The van der Waals surface area contributed by atoms with Gasteiger partial charge in [-0.25, -0.2) is 5.43 Å². The fraction of sp³-hybridized carbons (Fsp3) is 0.0500. The van der Waals surface area contributed by atoms with Crippen molar-refractivity contribution in [3.05, 3.63) is 87.6 Å². The van der Waals surface area contributed by atoms with E-state index in [1.807, 2.05) is 0 Å². The van der Waals surface area contributed by atoms with Crippen molar-refractivity contribution >= 4 is 35.1 Å². The minimum absolute atomic E-state index is 0.124. The molecule has 0 spiro atoms.